The molecule has 0 saturated carbocycles. The molecule has 0 aliphatic carbocycles. The Bertz CT molecular complexity index is 2430. The van der Waals surface area contributed by atoms with Crippen molar-refractivity contribution >= 4 is 75.0 Å². The van der Waals surface area contributed by atoms with Crippen molar-refractivity contribution in [2.75, 3.05) is 0 Å². The van der Waals surface area contributed by atoms with Crippen LogP contribution in [0.25, 0.3) is 74.8 Å². The second kappa shape index (κ2) is 11.4. The zero-order valence-electron chi connectivity index (χ0n) is 25.3. The van der Waals surface area contributed by atoms with Gasteiger partial charge in [0, 0.05) is 25.7 Å². The van der Waals surface area contributed by atoms with Gasteiger partial charge in [0.15, 0.2) is 0 Å². The summed E-state index contributed by atoms with van der Waals surface area (Å²) >= 11 is 1.90. The van der Waals surface area contributed by atoms with Gasteiger partial charge in [-0.1, -0.05) is 140 Å². The molecule has 0 radical (unpaired) electrons. The molecule has 0 bridgehead atoms. The standard InChI is InChI=1S/C44H32S/c1-3-4-5-17-33(29(2)31-27-26-30-15-6-7-16-32(30)28-31)42-35-19-8-10-21-37(35)43(38-22-11-9-20-36(38)42)40-24-14-23-39-34-18-12-13-25-41(34)45-44(39)40/h3,5-28H,1,4H2,2H3/b17-5-,33-29-. The average Bonchev–Trinajstić information content (AvgIpc) is 3.48. The molecule has 214 valence electrons. The summed E-state index contributed by atoms with van der Waals surface area (Å²) in [5.74, 6) is 0. The average molecular weight is 593 g/mol. The van der Waals surface area contributed by atoms with Gasteiger partial charge in [-0.25, -0.2) is 0 Å². The van der Waals surface area contributed by atoms with Gasteiger partial charge in [-0.05, 0) is 85.6 Å². The van der Waals surface area contributed by atoms with E-state index in [1.54, 1.807) is 0 Å². The molecule has 1 heterocycles. The Balaban J connectivity index is 1.48. The molecule has 8 rings (SSSR count). The number of benzene rings is 7. The molecule has 0 N–H and O–H groups in total. The van der Waals surface area contributed by atoms with Crippen LogP contribution < -0.4 is 0 Å². The first-order valence-corrected chi connectivity index (χ1v) is 16.4. The fraction of sp³-hybridized carbons (Fsp3) is 0.0455. The second-order valence-electron chi connectivity index (χ2n) is 11.6. The summed E-state index contributed by atoms with van der Waals surface area (Å²) in [6.07, 6.45) is 7.33. The molecule has 7 aromatic carbocycles. The molecule has 0 spiro atoms. The third kappa shape index (κ3) is 4.60. The van der Waals surface area contributed by atoms with Crippen molar-refractivity contribution in [1.29, 1.82) is 0 Å². The van der Waals surface area contributed by atoms with E-state index in [0.29, 0.717) is 0 Å². The normalized spacial score (nSPS) is 12.6. The highest BCUT2D eigenvalue weighted by molar-refractivity contribution is 7.26. The number of hydrogen-bond acceptors (Lipinski definition) is 1. The van der Waals surface area contributed by atoms with E-state index in [2.05, 4.69) is 159 Å². The molecule has 0 amide bonds. The molecule has 1 heteroatoms. The minimum atomic E-state index is 0.816. The Hall–Kier alpha value is -5.24. The summed E-state index contributed by atoms with van der Waals surface area (Å²) in [5, 5.41) is 10.2. The highest BCUT2D eigenvalue weighted by atomic mass is 32.1. The van der Waals surface area contributed by atoms with Crippen molar-refractivity contribution < 1.29 is 0 Å². The fourth-order valence-electron chi connectivity index (χ4n) is 6.91. The summed E-state index contributed by atoms with van der Waals surface area (Å²) < 4.78 is 2.67. The number of thiophene rings is 1. The number of hydrogen-bond donors (Lipinski definition) is 0. The molecule has 0 aliphatic heterocycles. The molecule has 8 aromatic rings. The van der Waals surface area contributed by atoms with E-state index >= 15 is 0 Å². The van der Waals surface area contributed by atoms with Gasteiger partial charge in [0.25, 0.3) is 0 Å². The van der Waals surface area contributed by atoms with E-state index in [0.717, 1.165) is 6.42 Å². The molecule has 1 aromatic heterocycles. The van der Waals surface area contributed by atoms with Gasteiger partial charge < -0.3 is 0 Å². The van der Waals surface area contributed by atoms with E-state index in [4.69, 9.17) is 0 Å². The van der Waals surface area contributed by atoms with Crippen LogP contribution in [0.4, 0.5) is 0 Å². The van der Waals surface area contributed by atoms with Gasteiger partial charge in [-0.15, -0.1) is 17.9 Å². The minimum Gasteiger partial charge on any atom is -0.135 e. The van der Waals surface area contributed by atoms with Crippen LogP contribution in [0.5, 0.6) is 0 Å². The predicted molar refractivity (Wildman–Crippen MR) is 200 cm³/mol. The first-order valence-electron chi connectivity index (χ1n) is 15.5. The predicted octanol–water partition coefficient (Wildman–Crippen LogP) is 13.2. The molecular formula is C44H32S. The van der Waals surface area contributed by atoms with Crippen molar-refractivity contribution in [3.8, 4) is 11.1 Å². The molecule has 0 saturated heterocycles. The Kier molecular flexibility index (Phi) is 6.89. The third-order valence-electron chi connectivity index (χ3n) is 9.05. The number of fused-ring (bicyclic) bond motifs is 6. The van der Waals surface area contributed by atoms with Crippen molar-refractivity contribution in [2.45, 2.75) is 13.3 Å². The van der Waals surface area contributed by atoms with Crippen molar-refractivity contribution in [3.63, 3.8) is 0 Å². The largest absolute Gasteiger partial charge is 0.135 e. The molecule has 0 nitrogen and oxygen atoms in total. The monoisotopic (exact) mass is 592 g/mol. The second-order valence-corrected chi connectivity index (χ2v) is 12.7. The smallest absolute Gasteiger partial charge is 0.0434 e. The summed E-state index contributed by atoms with van der Waals surface area (Å²) in [5.41, 5.74) is 7.62. The summed E-state index contributed by atoms with van der Waals surface area (Å²) in [6.45, 7) is 6.26. The molecule has 0 aliphatic rings. The van der Waals surface area contributed by atoms with E-state index in [1.165, 1.54) is 85.9 Å². The van der Waals surface area contributed by atoms with Gasteiger partial charge in [0.1, 0.15) is 0 Å². The SMILES string of the molecule is C=CC/C=C\C(=C(/C)c1ccc2ccccc2c1)c1c2ccccc2c(-c2cccc3c2sc2ccccc23)c2ccccc12. The van der Waals surface area contributed by atoms with E-state index in [1.807, 2.05) is 17.4 Å². The van der Waals surface area contributed by atoms with Crippen LogP contribution in [0.15, 0.2) is 158 Å². The lowest BCUT2D eigenvalue weighted by Gasteiger charge is -2.20. The molecule has 0 unspecified atom stereocenters. The molecule has 0 fully saturated rings. The Labute approximate surface area is 267 Å². The number of allylic oxidation sites excluding steroid dienone is 5. The molecule has 0 atom stereocenters. The Morgan fingerprint density at radius 3 is 1.98 bits per heavy atom. The quantitative estimate of drug-likeness (QED) is 0.0780. The minimum absolute atomic E-state index is 0.816. The van der Waals surface area contributed by atoms with Gasteiger partial charge >= 0.3 is 0 Å². The Morgan fingerprint density at radius 2 is 1.24 bits per heavy atom. The van der Waals surface area contributed by atoms with E-state index in [-0.39, 0.29) is 0 Å². The fourth-order valence-corrected chi connectivity index (χ4v) is 8.13. The maximum Gasteiger partial charge on any atom is 0.0434 e. The maximum atomic E-state index is 3.99. The van der Waals surface area contributed by atoms with Gasteiger partial charge in [0.05, 0.1) is 0 Å². The topological polar surface area (TPSA) is 0 Å². The zero-order chi connectivity index (χ0) is 30.3. The van der Waals surface area contributed by atoms with E-state index in [9.17, 15) is 0 Å². The molecular weight excluding hydrogens is 561 g/mol. The lowest BCUT2D eigenvalue weighted by molar-refractivity contribution is 1.41. The van der Waals surface area contributed by atoms with Crippen molar-refractivity contribution in [3.05, 3.63) is 169 Å². The van der Waals surface area contributed by atoms with Gasteiger partial charge in [0.2, 0.25) is 0 Å². The first-order chi connectivity index (χ1) is 22.2. The summed E-state index contributed by atoms with van der Waals surface area (Å²) in [7, 11) is 0. The molecule has 45 heavy (non-hydrogen) atoms. The van der Waals surface area contributed by atoms with Crippen LogP contribution in [0, 0.1) is 0 Å². The lowest BCUT2D eigenvalue weighted by Crippen LogP contribution is -1.95. The maximum absolute atomic E-state index is 3.99. The van der Waals surface area contributed by atoms with Crippen LogP contribution in [0.3, 0.4) is 0 Å². The first kappa shape index (κ1) is 27.3. The zero-order valence-corrected chi connectivity index (χ0v) is 26.1. The summed E-state index contributed by atoms with van der Waals surface area (Å²) in [6, 6.07) is 49.0. The third-order valence-corrected chi connectivity index (χ3v) is 10.3. The van der Waals surface area contributed by atoms with Crippen LogP contribution in [0.2, 0.25) is 0 Å². The highest BCUT2D eigenvalue weighted by Gasteiger charge is 2.20. The Morgan fingerprint density at radius 1 is 0.622 bits per heavy atom. The van der Waals surface area contributed by atoms with Gasteiger partial charge in [-0.2, -0.15) is 0 Å². The van der Waals surface area contributed by atoms with Crippen LogP contribution in [-0.2, 0) is 0 Å². The van der Waals surface area contributed by atoms with Crippen molar-refractivity contribution in [1.82, 2.24) is 0 Å². The van der Waals surface area contributed by atoms with Gasteiger partial charge in [-0.3, -0.25) is 0 Å². The van der Waals surface area contributed by atoms with Crippen LogP contribution in [0.1, 0.15) is 24.5 Å². The van der Waals surface area contributed by atoms with Crippen LogP contribution in [-0.4, -0.2) is 0 Å². The van der Waals surface area contributed by atoms with Crippen molar-refractivity contribution in [2.24, 2.45) is 0 Å². The number of rotatable bonds is 6. The van der Waals surface area contributed by atoms with Crippen LogP contribution >= 0.6 is 11.3 Å². The lowest BCUT2D eigenvalue weighted by atomic mass is 9.83. The highest BCUT2D eigenvalue weighted by Crippen LogP contribution is 2.47. The van der Waals surface area contributed by atoms with E-state index < -0.39 is 0 Å². The summed E-state index contributed by atoms with van der Waals surface area (Å²) in [4.78, 5) is 0.